The maximum absolute atomic E-state index is 5.21. The first-order valence-corrected chi connectivity index (χ1v) is 3.56. The Kier molecular flexibility index (Phi) is 3.10. The van der Waals surface area contributed by atoms with Crippen LogP contribution in [-0.2, 0) is 0 Å². The van der Waals surface area contributed by atoms with Crippen LogP contribution >= 0.6 is 0 Å². The van der Waals surface area contributed by atoms with Gasteiger partial charge in [0.25, 0.3) is 17.8 Å². The van der Waals surface area contributed by atoms with Gasteiger partial charge in [-0.1, -0.05) is 0 Å². The SMILES string of the molecule is NN(N)c1nc(N(N)N)nc(N(N)N)n1. The van der Waals surface area contributed by atoms with Crippen molar-refractivity contribution in [3.63, 3.8) is 0 Å². The first-order valence-electron chi connectivity index (χ1n) is 3.56. The van der Waals surface area contributed by atoms with Crippen LogP contribution < -0.4 is 50.4 Å². The van der Waals surface area contributed by atoms with Crippen LogP contribution in [-0.4, -0.2) is 15.0 Å². The fourth-order valence-corrected chi connectivity index (χ4v) is 0.690. The molecule has 12 heteroatoms. The summed E-state index contributed by atoms with van der Waals surface area (Å²) in [5, 5.41) is 1.92. The molecule has 12 N–H and O–H groups in total. The van der Waals surface area contributed by atoms with E-state index in [1.54, 1.807) is 0 Å². The van der Waals surface area contributed by atoms with E-state index in [9.17, 15) is 0 Å². The van der Waals surface area contributed by atoms with Crippen molar-refractivity contribution < 1.29 is 0 Å². The predicted molar refractivity (Wildman–Crippen MR) is 52.4 cm³/mol. The molecule has 15 heavy (non-hydrogen) atoms. The van der Waals surface area contributed by atoms with Gasteiger partial charge in [-0.25, -0.2) is 50.4 Å². The van der Waals surface area contributed by atoms with Crippen LogP contribution in [0.3, 0.4) is 0 Å². The van der Waals surface area contributed by atoms with Gasteiger partial charge in [-0.15, -0.1) is 0 Å². The third-order valence-corrected chi connectivity index (χ3v) is 1.29. The predicted octanol–water partition coefficient (Wildman–Crippen LogP) is -4.47. The molecule has 0 fully saturated rings. The molecule has 0 radical (unpaired) electrons. The number of nitrogens with zero attached hydrogens (tertiary/aromatic N) is 6. The molecular weight excluding hydrogens is 204 g/mol. The minimum Gasteiger partial charge on any atom is -0.230 e. The molecule has 0 amide bonds. The largest absolute Gasteiger partial charge is 0.261 e. The highest BCUT2D eigenvalue weighted by molar-refractivity contribution is 5.42. The topological polar surface area (TPSA) is 205 Å². The smallest absolute Gasteiger partial charge is 0.230 e. The monoisotopic (exact) mass is 216 g/mol. The third kappa shape index (κ3) is 2.56. The van der Waals surface area contributed by atoms with Crippen molar-refractivity contribution in [1.82, 2.24) is 15.0 Å². The molecule has 0 bridgehead atoms. The molecule has 0 spiro atoms. The first kappa shape index (κ1) is 11.2. The van der Waals surface area contributed by atoms with E-state index in [0.29, 0.717) is 15.4 Å². The highest BCUT2D eigenvalue weighted by atomic mass is 15.7. The summed E-state index contributed by atoms with van der Waals surface area (Å²) in [5.74, 6) is 31.0. The van der Waals surface area contributed by atoms with Crippen molar-refractivity contribution >= 4 is 17.8 Å². The number of hydrazine groups is 6. The molecule has 12 nitrogen and oxygen atoms in total. The second-order valence-corrected chi connectivity index (χ2v) is 2.46. The molecule has 0 saturated heterocycles. The second-order valence-electron chi connectivity index (χ2n) is 2.46. The van der Waals surface area contributed by atoms with Gasteiger partial charge in [-0.3, -0.25) is 0 Å². The molecule has 0 aliphatic carbocycles. The van der Waals surface area contributed by atoms with Crippen molar-refractivity contribution in [2.75, 3.05) is 15.4 Å². The molecule has 0 aliphatic heterocycles. The minimum absolute atomic E-state index is 0.100. The van der Waals surface area contributed by atoms with Crippen LogP contribution in [0.1, 0.15) is 0 Å². The molecule has 84 valence electrons. The molecule has 1 heterocycles. The zero-order chi connectivity index (χ0) is 11.6. The molecular formula is C3H12N12. The normalized spacial score (nSPS) is 10.0. The molecule has 1 rings (SSSR count). The summed E-state index contributed by atoms with van der Waals surface area (Å²) < 4.78 is 0. The van der Waals surface area contributed by atoms with Gasteiger partial charge < -0.3 is 0 Å². The number of anilines is 3. The van der Waals surface area contributed by atoms with E-state index in [2.05, 4.69) is 15.0 Å². The summed E-state index contributed by atoms with van der Waals surface area (Å²) in [5.41, 5.74) is 0. The van der Waals surface area contributed by atoms with Crippen LogP contribution in [0, 0.1) is 0 Å². The van der Waals surface area contributed by atoms with Crippen molar-refractivity contribution in [1.29, 1.82) is 0 Å². The Labute approximate surface area is 84.2 Å². The summed E-state index contributed by atoms with van der Waals surface area (Å²) >= 11 is 0. The highest BCUT2D eigenvalue weighted by Crippen LogP contribution is 2.10. The van der Waals surface area contributed by atoms with Gasteiger partial charge in [0.2, 0.25) is 0 Å². The Morgan fingerprint density at radius 3 is 0.867 bits per heavy atom. The molecule has 0 unspecified atom stereocenters. The molecule has 0 saturated carbocycles. The van der Waals surface area contributed by atoms with Crippen LogP contribution in [0.4, 0.5) is 17.8 Å². The zero-order valence-corrected chi connectivity index (χ0v) is 7.65. The maximum atomic E-state index is 5.21. The summed E-state index contributed by atoms with van der Waals surface area (Å²) in [4.78, 5) is 11.1. The van der Waals surface area contributed by atoms with Gasteiger partial charge in [0, 0.05) is 0 Å². The highest BCUT2D eigenvalue weighted by Gasteiger charge is 2.12. The summed E-state index contributed by atoms with van der Waals surface area (Å²) in [7, 11) is 0. The second kappa shape index (κ2) is 4.13. The molecule has 0 aliphatic rings. The number of rotatable bonds is 3. The Balaban J connectivity index is 3.20. The van der Waals surface area contributed by atoms with Gasteiger partial charge in [0.05, 0.1) is 0 Å². The maximum Gasteiger partial charge on any atom is 0.261 e. The Hall–Kier alpha value is -1.83. The first-order chi connectivity index (χ1) is 6.91. The van der Waals surface area contributed by atoms with Gasteiger partial charge >= 0.3 is 0 Å². The van der Waals surface area contributed by atoms with Crippen molar-refractivity contribution in [3.05, 3.63) is 0 Å². The zero-order valence-electron chi connectivity index (χ0n) is 7.65. The summed E-state index contributed by atoms with van der Waals surface area (Å²) in [6, 6.07) is 0. The minimum atomic E-state index is -0.100. The molecule has 1 aromatic heterocycles. The van der Waals surface area contributed by atoms with Crippen LogP contribution in [0.2, 0.25) is 0 Å². The molecule has 1 aromatic rings. The third-order valence-electron chi connectivity index (χ3n) is 1.29. The summed E-state index contributed by atoms with van der Waals surface area (Å²) in [6.07, 6.45) is 0. The Bertz CT molecular complexity index is 265. The Morgan fingerprint density at radius 1 is 0.533 bits per heavy atom. The van der Waals surface area contributed by atoms with Crippen molar-refractivity contribution in [2.24, 2.45) is 35.1 Å². The number of hydrogen-bond donors (Lipinski definition) is 6. The number of hydrogen-bond acceptors (Lipinski definition) is 12. The van der Waals surface area contributed by atoms with Gasteiger partial charge in [-0.2, -0.15) is 15.0 Å². The van der Waals surface area contributed by atoms with Gasteiger partial charge in [0.15, 0.2) is 0 Å². The average Bonchev–Trinajstić information content (AvgIpc) is 2.16. The van der Waals surface area contributed by atoms with E-state index in [4.69, 9.17) is 35.1 Å². The van der Waals surface area contributed by atoms with E-state index < -0.39 is 0 Å². The van der Waals surface area contributed by atoms with Crippen LogP contribution in [0.15, 0.2) is 0 Å². The van der Waals surface area contributed by atoms with Crippen LogP contribution in [0.25, 0.3) is 0 Å². The lowest BCUT2D eigenvalue weighted by Gasteiger charge is -2.16. The van der Waals surface area contributed by atoms with E-state index in [1.807, 2.05) is 0 Å². The van der Waals surface area contributed by atoms with E-state index in [-0.39, 0.29) is 17.8 Å². The molecule has 0 atom stereocenters. The fourth-order valence-electron chi connectivity index (χ4n) is 0.690. The Morgan fingerprint density at radius 2 is 0.733 bits per heavy atom. The quantitative estimate of drug-likeness (QED) is 0.209. The number of aromatic nitrogens is 3. The number of nitrogens with two attached hydrogens (primary N) is 6. The van der Waals surface area contributed by atoms with E-state index in [1.165, 1.54) is 0 Å². The van der Waals surface area contributed by atoms with Gasteiger partial charge in [0.1, 0.15) is 0 Å². The lowest BCUT2D eigenvalue weighted by atomic mass is 10.8. The van der Waals surface area contributed by atoms with Crippen molar-refractivity contribution in [3.8, 4) is 0 Å². The summed E-state index contributed by atoms with van der Waals surface area (Å²) in [6.45, 7) is 0. The molecule has 0 aromatic carbocycles. The average molecular weight is 216 g/mol. The standard InChI is InChI=1S/C3H12N12/c4-13(5)1-10-2(14(6)7)12-3(11-1)15(8)9/h4-9H2. The fraction of sp³-hybridized carbons (Fsp3) is 0. The lowest BCUT2D eigenvalue weighted by molar-refractivity contribution is 0.775. The lowest BCUT2D eigenvalue weighted by Crippen LogP contribution is -2.45. The van der Waals surface area contributed by atoms with Gasteiger partial charge in [-0.05, 0) is 0 Å². The van der Waals surface area contributed by atoms with E-state index in [0.717, 1.165) is 0 Å². The van der Waals surface area contributed by atoms with Crippen molar-refractivity contribution in [2.45, 2.75) is 0 Å². The van der Waals surface area contributed by atoms with Crippen LogP contribution in [0.5, 0.6) is 0 Å². The van der Waals surface area contributed by atoms with E-state index >= 15 is 0 Å².